The fourth-order valence-electron chi connectivity index (χ4n) is 3.06. The van der Waals surface area contributed by atoms with Crippen molar-refractivity contribution in [1.29, 1.82) is 0 Å². The maximum atomic E-state index is 4.82. The van der Waals surface area contributed by atoms with E-state index in [2.05, 4.69) is 72.2 Å². The van der Waals surface area contributed by atoms with Gasteiger partial charge in [-0.3, -0.25) is 0 Å². The number of nitrogens with zero attached hydrogens (tertiary/aromatic N) is 2. The average Bonchev–Trinajstić information content (AvgIpc) is 2.98. The van der Waals surface area contributed by atoms with Crippen LogP contribution < -0.4 is 0 Å². The van der Waals surface area contributed by atoms with Gasteiger partial charge in [0.1, 0.15) is 5.82 Å². The summed E-state index contributed by atoms with van der Waals surface area (Å²) < 4.78 is 2.36. The molecule has 0 N–H and O–H groups in total. The van der Waals surface area contributed by atoms with E-state index < -0.39 is 0 Å². The zero-order valence-corrected chi connectivity index (χ0v) is 14.5. The molecule has 0 aliphatic carbocycles. The summed E-state index contributed by atoms with van der Waals surface area (Å²) >= 11 is 0. The predicted molar refractivity (Wildman–Crippen MR) is 104 cm³/mol. The Morgan fingerprint density at radius 1 is 0.833 bits per heavy atom. The van der Waals surface area contributed by atoms with Crippen LogP contribution in [0.25, 0.3) is 23.2 Å². The second-order valence-electron chi connectivity index (χ2n) is 6.27. The Labute approximate surface area is 144 Å². The summed E-state index contributed by atoms with van der Waals surface area (Å²) in [6.07, 6.45) is 10.8. The molecule has 124 valence electrons. The summed E-state index contributed by atoms with van der Waals surface area (Å²) in [5.74, 6) is 1.05. The van der Waals surface area contributed by atoms with Crippen molar-refractivity contribution in [3.8, 4) is 0 Å². The smallest absolute Gasteiger partial charge is 0.133 e. The van der Waals surface area contributed by atoms with E-state index in [1.54, 1.807) is 0 Å². The molecular weight excluding hydrogens is 292 g/mol. The molecule has 0 aliphatic rings. The van der Waals surface area contributed by atoms with E-state index in [4.69, 9.17) is 4.98 Å². The summed E-state index contributed by atoms with van der Waals surface area (Å²) in [5, 5.41) is 0. The SMILES string of the molecule is CCCCCCCn1c(/C=C/c2ccccc2)nc2ccccc21. The number of para-hydroxylation sites is 2. The third-order valence-corrected chi connectivity index (χ3v) is 4.39. The topological polar surface area (TPSA) is 17.8 Å². The van der Waals surface area contributed by atoms with Crippen molar-refractivity contribution in [2.45, 2.75) is 45.6 Å². The van der Waals surface area contributed by atoms with Gasteiger partial charge < -0.3 is 4.57 Å². The number of imidazole rings is 1. The summed E-state index contributed by atoms with van der Waals surface area (Å²) in [4.78, 5) is 4.82. The van der Waals surface area contributed by atoms with Crippen molar-refractivity contribution in [3.05, 3.63) is 66.0 Å². The van der Waals surface area contributed by atoms with Gasteiger partial charge in [-0.15, -0.1) is 0 Å². The zero-order valence-electron chi connectivity index (χ0n) is 14.5. The summed E-state index contributed by atoms with van der Waals surface area (Å²) in [6.45, 7) is 3.30. The molecule has 0 saturated carbocycles. The first-order valence-corrected chi connectivity index (χ1v) is 9.07. The van der Waals surface area contributed by atoms with Crippen LogP contribution in [0.3, 0.4) is 0 Å². The van der Waals surface area contributed by atoms with E-state index in [-0.39, 0.29) is 0 Å². The quantitative estimate of drug-likeness (QED) is 0.454. The van der Waals surface area contributed by atoms with Gasteiger partial charge in [0.25, 0.3) is 0 Å². The van der Waals surface area contributed by atoms with Crippen molar-refractivity contribution >= 4 is 23.2 Å². The molecule has 3 rings (SSSR count). The van der Waals surface area contributed by atoms with Crippen LogP contribution in [0, 0.1) is 0 Å². The molecule has 0 saturated heterocycles. The van der Waals surface area contributed by atoms with Gasteiger partial charge in [-0.25, -0.2) is 4.98 Å². The van der Waals surface area contributed by atoms with Crippen LogP contribution in [0.5, 0.6) is 0 Å². The van der Waals surface area contributed by atoms with Gasteiger partial charge in [-0.1, -0.05) is 81.1 Å². The molecule has 0 unspecified atom stereocenters. The largest absolute Gasteiger partial charge is 0.324 e. The highest BCUT2D eigenvalue weighted by Gasteiger charge is 2.07. The number of rotatable bonds is 8. The van der Waals surface area contributed by atoms with Crippen LogP contribution in [0.4, 0.5) is 0 Å². The van der Waals surface area contributed by atoms with E-state index in [1.165, 1.54) is 43.2 Å². The second-order valence-corrected chi connectivity index (χ2v) is 6.27. The van der Waals surface area contributed by atoms with E-state index in [1.807, 2.05) is 6.07 Å². The van der Waals surface area contributed by atoms with E-state index in [9.17, 15) is 0 Å². The monoisotopic (exact) mass is 318 g/mol. The Balaban J connectivity index is 1.80. The number of benzene rings is 2. The summed E-state index contributed by atoms with van der Waals surface area (Å²) in [7, 11) is 0. The average molecular weight is 318 g/mol. The van der Waals surface area contributed by atoms with Crippen molar-refractivity contribution in [3.63, 3.8) is 0 Å². The van der Waals surface area contributed by atoms with Gasteiger partial charge in [0.05, 0.1) is 11.0 Å². The highest BCUT2D eigenvalue weighted by Crippen LogP contribution is 2.19. The molecule has 1 aromatic heterocycles. The fraction of sp³-hybridized carbons (Fsp3) is 0.318. The molecule has 0 fully saturated rings. The van der Waals surface area contributed by atoms with Crippen LogP contribution >= 0.6 is 0 Å². The zero-order chi connectivity index (χ0) is 16.6. The fourth-order valence-corrected chi connectivity index (χ4v) is 3.06. The normalized spacial score (nSPS) is 11.5. The molecule has 0 atom stereocenters. The van der Waals surface area contributed by atoms with Crippen molar-refractivity contribution in [1.82, 2.24) is 9.55 Å². The molecule has 0 aliphatic heterocycles. The molecule has 0 radical (unpaired) electrons. The molecule has 3 aromatic rings. The number of hydrogen-bond acceptors (Lipinski definition) is 1. The lowest BCUT2D eigenvalue weighted by Crippen LogP contribution is -2.00. The predicted octanol–water partition coefficient (Wildman–Crippen LogP) is 6.18. The molecule has 2 heteroatoms. The molecule has 2 nitrogen and oxygen atoms in total. The molecular formula is C22H26N2. The minimum Gasteiger partial charge on any atom is -0.324 e. The van der Waals surface area contributed by atoms with Crippen LogP contribution in [-0.2, 0) is 6.54 Å². The summed E-state index contributed by atoms with van der Waals surface area (Å²) in [6, 6.07) is 18.9. The van der Waals surface area contributed by atoms with E-state index in [0.717, 1.165) is 17.9 Å². The lowest BCUT2D eigenvalue weighted by atomic mass is 10.1. The minimum absolute atomic E-state index is 1.04. The van der Waals surface area contributed by atoms with Crippen LogP contribution in [0.1, 0.15) is 50.4 Å². The lowest BCUT2D eigenvalue weighted by Gasteiger charge is -2.07. The van der Waals surface area contributed by atoms with Gasteiger partial charge in [0.2, 0.25) is 0 Å². The molecule has 2 aromatic carbocycles. The van der Waals surface area contributed by atoms with E-state index in [0.29, 0.717) is 0 Å². The number of unbranched alkanes of at least 4 members (excludes halogenated alkanes) is 4. The highest BCUT2D eigenvalue weighted by atomic mass is 15.1. The van der Waals surface area contributed by atoms with Gasteiger partial charge >= 0.3 is 0 Å². The van der Waals surface area contributed by atoms with Gasteiger partial charge in [-0.2, -0.15) is 0 Å². The van der Waals surface area contributed by atoms with Gasteiger partial charge in [0, 0.05) is 6.54 Å². The Morgan fingerprint density at radius 3 is 2.42 bits per heavy atom. The Kier molecular flexibility index (Phi) is 5.84. The summed E-state index contributed by atoms with van der Waals surface area (Å²) in [5.41, 5.74) is 3.53. The van der Waals surface area contributed by atoms with Crippen LogP contribution in [-0.4, -0.2) is 9.55 Å². The van der Waals surface area contributed by atoms with Gasteiger partial charge in [-0.05, 0) is 30.2 Å². The molecule has 0 amide bonds. The molecule has 0 bridgehead atoms. The second kappa shape index (κ2) is 8.49. The van der Waals surface area contributed by atoms with Gasteiger partial charge in [0.15, 0.2) is 0 Å². The minimum atomic E-state index is 1.04. The molecule has 1 heterocycles. The Hall–Kier alpha value is -2.35. The number of aromatic nitrogens is 2. The Morgan fingerprint density at radius 2 is 1.58 bits per heavy atom. The van der Waals surface area contributed by atoms with Crippen LogP contribution in [0.2, 0.25) is 0 Å². The number of hydrogen-bond donors (Lipinski definition) is 0. The number of aryl methyl sites for hydroxylation is 1. The maximum absolute atomic E-state index is 4.82. The third kappa shape index (κ3) is 4.14. The maximum Gasteiger partial charge on any atom is 0.133 e. The first-order chi connectivity index (χ1) is 11.9. The first-order valence-electron chi connectivity index (χ1n) is 9.07. The first kappa shape index (κ1) is 16.5. The van der Waals surface area contributed by atoms with Crippen LogP contribution in [0.15, 0.2) is 54.6 Å². The third-order valence-electron chi connectivity index (χ3n) is 4.39. The number of fused-ring (bicyclic) bond motifs is 1. The molecule has 0 spiro atoms. The van der Waals surface area contributed by atoms with E-state index >= 15 is 0 Å². The highest BCUT2D eigenvalue weighted by molar-refractivity contribution is 5.79. The van der Waals surface area contributed by atoms with Crippen molar-refractivity contribution in [2.75, 3.05) is 0 Å². The van der Waals surface area contributed by atoms with Crippen molar-refractivity contribution in [2.24, 2.45) is 0 Å². The molecule has 24 heavy (non-hydrogen) atoms. The van der Waals surface area contributed by atoms with Crippen molar-refractivity contribution < 1.29 is 0 Å². The Bertz CT molecular complexity index is 784. The lowest BCUT2D eigenvalue weighted by molar-refractivity contribution is 0.573. The standard InChI is InChI=1S/C22H26N2/c1-2-3-4-5-11-18-24-21-15-10-9-14-20(21)23-22(24)17-16-19-12-7-6-8-13-19/h6-10,12-17H,2-5,11,18H2,1H3/b17-16+.